The molecule has 2 aromatic carbocycles. The van der Waals surface area contributed by atoms with Crippen LogP contribution in [0, 0.1) is 11.3 Å². The van der Waals surface area contributed by atoms with Crippen LogP contribution in [0.25, 0.3) is 11.0 Å². The molecule has 0 fully saturated rings. The number of anilines is 1. The van der Waals surface area contributed by atoms with Gasteiger partial charge in [-0.1, -0.05) is 42.5 Å². The zero-order valence-corrected chi connectivity index (χ0v) is 17.1. The monoisotopic (exact) mass is 412 g/mol. The van der Waals surface area contributed by atoms with Gasteiger partial charge in [-0.25, -0.2) is 15.0 Å². The normalized spacial score (nSPS) is 12.7. The Hall–Kier alpha value is -4.25. The molecule has 2 unspecified atom stereocenters. The topological polar surface area (TPSA) is 106 Å². The van der Waals surface area contributed by atoms with Gasteiger partial charge in [-0.3, -0.25) is 4.79 Å². The minimum atomic E-state index is -1.22. The summed E-state index contributed by atoms with van der Waals surface area (Å²) < 4.78 is 6.74. The first-order chi connectivity index (χ1) is 15.1. The molecule has 4 aromatic rings. The quantitative estimate of drug-likeness (QED) is 0.484. The number of carbonyl (C=O) groups excluding carboxylic acids is 1. The van der Waals surface area contributed by atoms with Gasteiger partial charge in [0.2, 0.25) is 0 Å². The maximum Gasteiger partial charge on any atom is 0.329 e. The summed E-state index contributed by atoms with van der Waals surface area (Å²) in [5, 5.41) is 13.1. The summed E-state index contributed by atoms with van der Waals surface area (Å²) in [6, 6.07) is 18.7. The van der Waals surface area contributed by atoms with Gasteiger partial charge in [0.25, 0.3) is 0 Å². The molecule has 8 heteroatoms. The van der Waals surface area contributed by atoms with Gasteiger partial charge in [0.15, 0.2) is 11.7 Å². The van der Waals surface area contributed by atoms with E-state index in [1.165, 1.54) is 7.11 Å². The maximum absolute atomic E-state index is 12.3. The van der Waals surface area contributed by atoms with Crippen molar-refractivity contribution in [3.8, 4) is 6.07 Å². The molecule has 0 bridgehead atoms. The number of ether oxygens (including phenoxy) is 1. The van der Waals surface area contributed by atoms with E-state index < -0.39 is 11.9 Å². The third-order valence-electron chi connectivity index (χ3n) is 4.97. The van der Waals surface area contributed by atoms with Crippen molar-refractivity contribution < 1.29 is 9.53 Å². The van der Waals surface area contributed by atoms with Crippen LogP contribution in [0.1, 0.15) is 29.0 Å². The van der Waals surface area contributed by atoms with Crippen LogP contribution in [0.4, 0.5) is 5.82 Å². The largest absolute Gasteiger partial charge is 0.468 e. The second-order valence-electron chi connectivity index (χ2n) is 6.92. The van der Waals surface area contributed by atoms with Crippen LogP contribution in [-0.2, 0) is 16.6 Å². The average molecular weight is 412 g/mol. The highest BCUT2D eigenvalue weighted by Gasteiger charge is 2.29. The Bertz CT molecular complexity index is 1260. The highest BCUT2D eigenvalue weighted by atomic mass is 16.5. The van der Waals surface area contributed by atoms with Crippen molar-refractivity contribution in [1.29, 1.82) is 5.26 Å². The van der Waals surface area contributed by atoms with Crippen LogP contribution < -0.4 is 5.32 Å². The zero-order chi connectivity index (χ0) is 21.8. The lowest BCUT2D eigenvalue weighted by molar-refractivity contribution is -0.141. The molecule has 2 heterocycles. The zero-order valence-electron chi connectivity index (χ0n) is 17.1. The predicted octanol–water partition coefficient (Wildman–Crippen LogP) is 3.34. The third-order valence-corrected chi connectivity index (χ3v) is 4.97. The number of carbonyl (C=O) groups is 1. The van der Waals surface area contributed by atoms with Crippen molar-refractivity contribution in [3.63, 3.8) is 0 Å². The summed E-state index contributed by atoms with van der Waals surface area (Å²) in [5.74, 6) is -0.836. The summed E-state index contributed by atoms with van der Waals surface area (Å²) in [6.45, 7) is 0. The smallest absolute Gasteiger partial charge is 0.329 e. The molecule has 1 N–H and O–H groups in total. The lowest BCUT2D eigenvalue weighted by Crippen LogP contribution is -2.22. The average Bonchev–Trinajstić information content (AvgIpc) is 3.23. The van der Waals surface area contributed by atoms with E-state index in [1.54, 1.807) is 12.3 Å². The maximum atomic E-state index is 12.3. The number of benzene rings is 2. The molecule has 0 spiro atoms. The molecule has 0 aliphatic rings. The Balaban J connectivity index is 1.88. The first kappa shape index (κ1) is 20.0. The number of hydrogen-bond donors (Lipinski definition) is 1. The van der Waals surface area contributed by atoms with E-state index in [1.807, 2.05) is 72.4 Å². The molecule has 0 saturated carbocycles. The van der Waals surface area contributed by atoms with Gasteiger partial charge in [0.1, 0.15) is 17.6 Å². The summed E-state index contributed by atoms with van der Waals surface area (Å²) in [6.07, 6.45) is 3.57. The third kappa shape index (κ3) is 3.94. The number of nitrogens with zero attached hydrogens (tertiary/aromatic N) is 5. The number of nitriles is 1. The molecule has 0 amide bonds. The van der Waals surface area contributed by atoms with Gasteiger partial charge < -0.3 is 14.6 Å². The van der Waals surface area contributed by atoms with Crippen molar-refractivity contribution >= 4 is 22.8 Å². The van der Waals surface area contributed by atoms with E-state index in [2.05, 4.69) is 15.3 Å². The number of para-hydroxylation sites is 2. The second-order valence-corrected chi connectivity index (χ2v) is 6.92. The Morgan fingerprint density at radius 3 is 2.39 bits per heavy atom. The second kappa shape index (κ2) is 8.63. The van der Waals surface area contributed by atoms with E-state index in [9.17, 15) is 10.1 Å². The molecule has 0 aliphatic heterocycles. The van der Waals surface area contributed by atoms with Crippen LogP contribution in [0.3, 0.4) is 0 Å². The number of fused-ring (bicyclic) bond motifs is 1. The fourth-order valence-corrected chi connectivity index (χ4v) is 3.40. The minimum absolute atomic E-state index is 0.211. The van der Waals surface area contributed by atoms with Crippen molar-refractivity contribution in [1.82, 2.24) is 19.5 Å². The van der Waals surface area contributed by atoms with Crippen LogP contribution in [0.2, 0.25) is 0 Å². The minimum Gasteiger partial charge on any atom is -0.468 e. The van der Waals surface area contributed by atoms with Gasteiger partial charge >= 0.3 is 5.97 Å². The van der Waals surface area contributed by atoms with Gasteiger partial charge in [0.05, 0.1) is 24.2 Å². The van der Waals surface area contributed by atoms with Crippen LogP contribution in [-0.4, -0.2) is 32.6 Å². The number of aromatic nitrogens is 4. The molecule has 4 rings (SSSR count). The van der Waals surface area contributed by atoms with Crippen molar-refractivity contribution in [2.24, 2.45) is 7.05 Å². The Kier molecular flexibility index (Phi) is 5.58. The van der Waals surface area contributed by atoms with Gasteiger partial charge in [-0.2, -0.15) is 5.26 Å². The lowest BCUT2D eigenvalue weighted by Gasteiger charge is -2.22. The SMILES string of the molecule is COC(=O)C(C#N)c1nc2ccccc2nc1NC(c1ccccc1)c1nccn1C. The van der Waals surface area contributed by atoms with Crippen LogP contribution in [0.15, 0.2) is 67.0 Å². The number of hydrogen-bond acceptors (Lipinski definition) is 7. The molecule has 0 aliphatic carbocycles. The van der Waals surface area contributed by atoms with Crippen molar-refractivity contribution in [3.05, 3.63) is 84.1 Å². The van der Waals surface area contributed by atoms with Crippen LogP contribution in [0.5, 0.6) is 0 Å². The summed E-state index contributed by atoms with van der Waals surface area (Å²) in [7, 11) is 3.15. The van der Waals surface area contributed by atoms with Crippen molar-refractivity contribution in [2.75, 3.05) is 12.4 Å². The molecule has 8 nitrogen and oxygen atoms in total. The number of esters is 1. The molecular formula is C23H20N6O2. The fraction of sp³-hybridized carbons (Fsp3) is 0.174. The van der Waals surface area contributed by atoms with E-state index in [4.69, 9.17) is 9.72 Å². The van der Waals surface area contributed by atoms with E-state index >= 15 is 0 Å². The van der Waals surface area contributed by atoms with Crippen molar-refractivity contribution in [2.45, 2.75) is 12.0 Å². The van der Waals surface area contributed by atoms with Gasteiger partial charge in [-0.15, -0.1) is 0 Å². The molecule has 154 valence electrons. The number of nitrogens with one attached hydrogen (secondary N) is 1. The number of methoxy groups -OCH3 is 1. The first-order valence-corrected chi connectivity index (χ1v) is 9.65. The standard InChI is InChI=1S/C23H20N6O2/c1-29-13-12-25-22(29)19(15-8-4-3-5-9-15)28-21-20(16(14-24)23(30)31-2)26-17-10-6-7-11-18(17)27-21/h3-13,16,19H,1-2H3,(H,27,28). The van der Waals surface area contributed by atoms with E-state index in [-0.39, 0.29) is 11.7 Å². The molecule has 0 radical (unpaired) electrons. The number of aryl methyl sites for hydroxylation is 1. The molecular weight excluding hydrogens is 392 g/mol. The number of rotatable bonds is 6. The Morgan fingerprint density at radius 2 is 1.77 bits per heavy atom. The number of imidazole rings is 1. The summed E-state index contributed by atoms with van der Waals surface area (Å²) in [5.41, 5.74) is 2.38. The van der Waals surface area contributed by atoms with Crippen LogP contribution >= 0.6 is 0 Å². The first-order valence-electron chi connectivity index (χ1n) is 9.65. The summed E-state index contributed by atoms with van der Waals surface area (Å²) >= 11 is 0. The highest BCUT2D eigenvalue weighted by molar-refractivity contribution is 5.85. The predicted molar refractivity (Wildman–Crippen MR) is 115 cm³/mol. The molecule has 2 atom stereocenters. The molecule has 31 heavy (non-hydrogen) atoms. The van der Waals surface area contributed by atoms with Gasteiger partial charge in [-0.05, 0) is 17.7 Å². The Morgan fingerprint density at radius 1 is 1.10 bits per heavy atom. The Labute approximate surface area is 179 Å². The molecule has 2 aromatic heterocycles. The fourth-order valence-electron chi connectivity index (χ4n) is 3.40. The van der Waals surface area contributed by atoms with Gasteiger partial charge in [0, 0.05) is 19.4 Å². The molecule has 0 saturated heterocycles. The lowest BCUT2D eigenvalue weighted by atomic mass is 10.0. The van der Waals surface area contributed by atoms with E-state index in [0.29, 0.717) is 16.9 Å². The highest BCUT2D eigenvalue weighted by Crippen LogP contribution is 2.30. The van der Waals surface area contributed by atoms with E-state index in [0.717, 1.165) is 11.4 Å². The summed E-state index contributed by atoms with van der Waals surface area (Å²) in [4.78, 5) is 26.1.